The van der Waals surface area contributed by atoms with E-state index in [-0.39, 0.29) is 39.9 Å². The highest BCUT2D eigenvalue weighted by atomic mass is 35.5. The summed E-state index contributed by atoms with van der Waals surface area (Å²) in [6.45, 7) is 2.36. The van der Waals surface area contributed by atoms with Crippen LogP contribution in [0.5, 0.6) is 5.75 Å². The van der Waals surface area contributed by atoms with Crippen LogP contribution in [0.1, 0.15) is 23.7 Å². The van der Waals surface area contributed by atoms with Crippen LogP contribution >= 0.6 is 11.6 Å². The van der Waals surface area contributed by atoms with Crippen molar-refractivity contribution in [2.24, 2.45) is 12.8 Å². The first-order valence-electron chi connectivity index (χ1n) is 14.1. The van der Waals surface area contributed by atoms with E-state index < -0.39 is 65.0 Å². The predicted octanol–water partition coefficient (Wildman–Crippen LogP) is 3.63. The molecule has 0 saturated carbocycles. The minimum absolute atomic E-state index is 0.0644. The van der Waals surface area contributed by atoms with E-state index in [1.165, 1.54) is 36.4 Å². The molecule has 2 amide bonds. The van der Waals surface area contributed by atoms with E-state index in [4.69, 9.17) is 17.3 Å². The second-order valence-electron chi connectivity index (χ2n) is 11.1. The lowest BCUT2D eigenvalue weighted by molar-refractivity contribution is -0.138. The number of hydrogen-bond acceptors (Lipinski definition) is 8. The maximum absolute atomic E-state index is 15.1. The Kier molecular flexibility index (Phi) is 9.14. The average molecular weight is 683 g/mol. The van der Waals surface area contributed by atoms with E-state index in [0.29, 0.717) is 25.5 Å². The van der Waals surface area contributed by atoms with Gasteiger partial charge in [0.15, 0.2) is 11.6 Å². The molecule has 4 aromatic rings. The molecule has 1 aliphatic rings. The number of pyridine rings is 1. The van der Waals surface area contributed by atoms with E-state index >= 15 is 4.39 Å². The van der Waals surface area contributed by atoms with Crippen molar-refractivity contribution in [1.82, 2.24) is 24.0 Å². The van der Waals surface area contributed by atoms with Crippen molar-refractivity contribution in [3.8, 4) is 16.9 Å². The Hall–Kier alpha value is -4.77. The topological polar surface area (TPSA) is 152 Å². The molecule has 5 rings (SSSR count). The molecule has 18 heteroatoms. The zero-order chi connectivity index (χ0) is 34.4. The Morgan fingerprint density at radius 3 is 2.53 bits per heavy atom. The maximum atomic E-state index is 15.1. The van der Waals surface area contributed by atoms with Gasteiger partial charge in [0.2, 0.25) is 11.7 Å². The molecule has 0 spiro atoms. The number of amides is 2. The van der Waals surface area contributed by atoms with Crippen LogP contribution in [0.3, 0.4) is 0 Å². The molecule has 0 aliphatic carbocycles. The van der Waals surface area contributed by atoms with Gasteiger partial charge in [-0.05, 0) is 13.0 Å². The summed E-state index contributed by atoms with van der Waals surface area (Å²) in [5.74, 6) is -6.08. The van der Waals surface area contributed by atoms with Gasteiger partial charge in [-0.2, -0.15) is 17.6 Å². The lowest BCUT2D eigenvalue weighted by atomic mass is 10.0. The van der Waals surface area contributed by atoms with Crippen LogP contribution in [0.15, 0.2) is 35.6 Å². The summed E-state index contributed by atoms with van der Waals surface area (Å²) in [4.78, 5) is 50.3. The predicted molar refractivity (Wildman–Crippen MR) is 162 cm³/mol. The second-order valence-corrected chi connectivity index (χ2v) is 11.5. The molecule has 1 fully saturated rings. The number of benzene rings is 1. The monoisotopic (exact) mass is 682 g/mol. The quantitative estimate of drug-likeness (QED) is 0.239. The van der Waals surface area contributed by atoms with Gasteiger partial charge in [0.25, 0.3) is 11.5 Å². The minimum Gasteiger partial charge on any atom is -0.504 e. The van der Waals surface area contributed by atoms with Gasteiger partial charge in [0.1, 0.15) is 18.0 Å². The first-order valence-corrected chi connectivity index (χ1v) is 14.5. The number of anilines is 2. The number of rotatable bonds is 8. The molecule has 0 bridgehead atoms. The van der Waals surface area contributed by atoms with Crippen LogP contribution in [0, 0.1) is 11.6 Å². The van der Waals surface area contributed by atoms with Gasteiger partial charge in [0, 0.05) is 62.7 Å². The number of piperazine rings is 1. The first-order chi connectivity index (χ1) is 22.1. The van der Waals surface area contributed by atoms with Crippen molar-refractivity contribution in [3.63, 3.8) is 0 Å². The summed E-state index contributed by atoms with van der Waals surface area (Å²) in [5.41, 5.74) is 3.14. The maximum Gasteiger partial charge on any atom is 0.390 e. The number of phenols is 1. The van der Waals surface area contributed by atoms with Gasteiger partial charge in [-0.1, -0.05) is 11.6 Å². The summed E-state index contributed by atoms with van der Waals surface area (Å²) in [6.07, 6.45) is -1.49. The number of aromatic nitrogens is 4. The smallest absolute Gasteiger partial charge is 0.390 e. The van der Waals surface area contributed by atoms with E-state index in [1.54, 1.807) is 4.90 Å². The zero-order valence-corrected chi connectivity index (χ0v) is 25.7. The highest BCUT2D eigenvalue weighted by molar-refractivity contribution is 6.33. The summed E-state index contributed by atoms with van der Waals surface area (Å²) in [5, 5.41) is 12.4. The van der Waals surface area contributed by atoms with Gasteiger partial charge < -0.3 is 30.2 Å². The average Bonchev–Trinajstić information content (AvgIpc) is 3.35. The number of hydrogen-bond donors (Lipinski definition) is 3. The molecular formula is C29H28ClF5N8O4. The van der Waals surface area contributed by atoms with Crippen molar-refractivity contribution in [1.29, 1.82) is 0 Å². The number of aromatic hydroxyl groups is 1. The van der Waals surface area contributed by atoms with Crippen molar-refractivity contribution in [3.05, 3.63) is 63.4 Å². The number of carbonyl (C=O) groups is 2. The standard InChI is InChI=1S/C29H28ClF5N8O4/c1-14-10-41(4-3-29(33,34)35)5-6-43(14)20-8-19(18(30)9-37-20)39-21(44)12-42-11-17(22-27(42)38-13-40(2)28(22)47)15-7-16(26(36)46)25(45)24(32)23(15)31/h7-9,11,13-14,45H,3-6,10,12H2,1-2H3,(H2,36,46)(H,37,39,44)/t14-/m0/s1. The molecule has 0 unspecified atom stereocenters. The molecule has 47 heavy (non-hydrogen) atoms. The van der Waals surface area contributed by atoms with Crippen molar-refractivity contribution in [2.75, 3.05) is 36.4 Å². The third-order valence-electron chi connectivity index (χ3n) is 7.82. The summed E-state index contributed by atoms with van der Waals surface area (Å²) in [6, 6.07) is 2.12. The number of nitrogens with two attached hydrogens (primary N) is 1. The molecule has 1 aliphatic heterocycles. The lowest BCUT2D eigenvalue weighted by Crippen LogP contribution is -2.52. The van der Waals surface area contributed by atoms with E-state index in [2.05, 4.69) is 15.3 Å². The van der Waals surface area contributed by atoms with Gasteiger partial charge in [0.05, 0.1) is 40.6 Å². The highest BCUT2D eigenvalue weighted by Gasteiger charge is 2.31. The fourth-order valence-electron chi connectivity index (χ4n) is 5.48. The summed E-state index contributed by atoms with van der Waals surface area (Å²) < 4.78 is 70.0. The van der Waals surface area contributed by atoms with Gasteiger partial charge >= 0.3 is 6.18 Å². The third kappa shape index (κ3) is 6.85. The Bertz CT molecular complexity index is 1950. The molecule has 250 valence electrons. The largest absolute Gasteiger partial charge is 0.504 e. The number of nitrogens with zero attached hydrogens (tertiary/aromatic N) is 6. The van der Waals surface area contributed by atoms with Crippen LogP contribution in [-0.2, 0) is 18.4 Å². The Labute approximate surface area is 268 Å². The number of alkyl halides is 3. The molecule has 4 heterocycles. The fraction of sp³-hybridized carbons (Fsp3) is 0.345. The molecule has 1 atom stereocenters. The molecule has 1 aromatic carbocycles. The number of halogens is 6. The molecule has 4 N–H and O–H groups in total. The molecular weight excluding hydrogens is 655 g/mol. The molecule has 3 aromatic heterocycles. The van der Waals surface area contributed by atoms with Crippen LogP contribution < -0.4 is 21.5 Å². The third-order valence-corrected chi connectivity index (χ3v) is 8.12. The van der Waals surface area contributed by atoms with Crippen LogP contribution in [0.4, 0.5) is 33.5 Å². The SMILES string of the molecule is C[C@H]1CN(CCC(F)(F)F)CCN1c1cc(NC(=O)Cn2cc(-c3cc(C(N)=O)c(O)c(F)c3F)c3c(=O)n(C)cnc32)c(Cl)cn1. The summed E-state index contributed by atoms with van der Waals surface area (Å²) in [7, 11) is 1.37. The van der Waals surface area contributed by atoms with Crippen molar-refractivity contribution >= 4 is 46.0 Å². The van der Waals surface area contributed by atoms with Gasteiger partial charge in [-0.25, -0.2) is 14.4 Å². The number of carbonyl (C=O) groups excluding carboxylic acids is 2. The van der Waals surface area contributed by atoms with Crippen molar-refractivity contribution < 1.29 is 36.6 Å². The van der Waals surface area contributed by atoms with Gasteiger partial charge in [-0.15, -0.1) is 0 Å². The van der Waals surface area contributed by atoms with Crippen molar-refractivity contribution in [2.45, 2.75) is 32.1 Å². The lowest BCUT2D eigenvalue weighted by Gasteiger charge is -2.40. The molecule has 0 radical (unpaired) electrons. The van der Waals surface area contributed by atoms with Crippen LogP contribution in [-0.4, -0.2) is 79.3 Å². The zero-order valence-electron chi connectivity index (χ0n) is 24.9. The second kappa shape index (κ2) is 12.8. The Morgan fingerprint density at radius 1 is 1.15 bits per heavy atom. The number of nitrogens with one attached hydrogen (secondary N) is 1. The van der Waals surface area contributed by atoms with Gasteiger partial charge in [-0.3, -0.25) is 19.3 Å². The normalized spacial score (nSPS) is 15.7. The van der Waals surface area contributed by atoms with E-state index in [1.807, 2.05) is 11.8 Å². The number of fused-ring (bicyclic) bond motifs is 1. The first kappa shape index (κ1) is 33.6. The Balaban J connectivity index is 1.41. The minimum atomic E-state index is -4.25. The highest BCUT2D eigenvalue weighted by Crippen LogP contribution is 2.36. The molecule has 1 saturated heterocycles. The Morgan fingerprint density at radius 2 is 1.87 bits per heavy atom. The summed E-state index contributed by atoms with van der Waals surface area (Å²) >= 11 is 6.32. The van der Waals surface area contributed by atoms with E-state index in [0.717, 1.165) is 10.6 Å². The number of primary amides is 1. The fourth-order valence-corrected chi connectivity index (χ4v) is 5.63. The van der Waals surface area contributed by atoms with E-state index in [9.17, 15) is 37.1 Å². The van der Waals surface area contributed by atoms with Crippen LogP contribution in [0.25, 0.3) is 22.2 Å². The molecule has 12 nitrogen and oxygen atoms in total. The van der Waals surface area contributed by atoms with Crippen LogP contribution in [0.2, 0.25) is 5.02 Å². The number of aryl methyl sites for hydroxylation is 1.